The van der Waals surface area contributed by atoms with Gasteiger partial charge in [0.25, 0.3) is 5.91 Å². The first-order chi connectivity index (χ1) is 14.1. The van der Waals surface area contributed by atoms with Gasteiger partial charge in [0, 0.05) is 24.3 Å². The van der Waals surface area contributed by atoms with E-state index in [0.29, 0.717) is 35.5 Å². The summed E-state index contributed by atoms with van der Waals surface area (Å²) < 4.78 is 5.23. The molecular weight excluding hydrogens is 374 g/mol. The predicted molar refractivity (Wildman–Crippen MR) is 105 cm³/mol. The number of carbonyl (C=O) groups is 1. The summed E-state index contributed by atoms with van der Waals surface area (Å²) in [5.41, 5.74) is 2.70. The van der Waals surface area contributed by atoms with Crippen LogP contribution in [0.4, 0.5) is 0 Å². The van der Waals surface area contributed by atoms with Crippen LogP contribution in [0.1, 0.15) is 34.1 Å². The zero-order chi connectivity index (χ0) is 20.5. The number of phenols is 2. The smallest absolute Gasteiger partial charge is 0.273 e. The molecule has 1 atom stereocenters. The van der Waals surface area contributed by atoms with Gasteiger partial charge in [-0.3, -0.25) is 9.89 Å². The minimum atomic E-state index is -0.507. The van der Waals surface area contributed by atoms with Gasteiger partial charge < -0.3 is 25.0 Å². The molecule has 3 aromatic rings. The van der Waals surface area contributed by atoms with Crippen LogP contribution in [0, 0.1) is 0 Å². The van der Waals surface area contributed by atoms with Gasteiger partial charge in [-0.1, -0.05) is 18.2 Å². The van der Waals surface area contributed by atoms with Gasteiger partial charge in [-0.15, -0.1) is 0 Å². The van der Waals surface area contributed by atoms with Crippen LogP contribution in [-0.2, 0) is 0 Å². The Morgan fingerprint density at radius 2 is 1.97 bits per heavy atom. The summed E-state index contributed by atoms with van der Waals surface area (Å²) in [6.07, 6.45) is 0.418. The molecule has 0 aliphatic carbocycles. The molecule has 1 amide bonds. The number of rotatable bonds is 6. The monoisotopic (exact) mass is 395 g/mol. The number of aliphatic hydroxyl groups is 1. The van der Waals surface area contributed by atoms with Gasteiger partial charge in [0.2, 0.25) is 0 Å². The van der Waals surface area contributed by atoms with Gasteiger partial charge in [0.15, 0.2) is 11.5 Å². The number of fused-ring (bicyclic) bond motifs is 1. The SMILES string of the molecule is COc1cc(C2c3c(-c4ccccc4O)n[nH]c3C(=O)N2CCCO)ccc1O. The molecule has 4 N–H and O–H groups in total. The molecule has 150 valence electrons. The summed E-state index contributed by atoms with van der Waals surface area (Å²) in [6.45, 7) is 0.292. The Balaban J connectivity index is 1.90. The highest BCUT2D eigenvalue weighted by Gasteiger charge is 2.42. The van der Waals surface area contributed by atoms with Crippen LogP contribution in [0.3, 0.4) is 0 Å². The quantitative estimate of drug-likeness (QED) is 0.509. The van der Waals surface area contributed by atoms with Gasteiger partial charge in [-0.05, 0) is 36.2 Å². The van der Waals surface area contributed by atoms with Crippen molar-refractivity contribution in [2.24, 2.45) is 0 Å². The second kappa shape index (κ2) is 7.48. The minimum absolute atomic E-state index is 0.00386. The molecule has 0 saturated carbocycles. The topological polar surface area (TPSA) is 119 Å². The van der Waals surface area contributed by atoms with Crippen molar-refractivity contribution in [1.29, 1.82) is 0 Å². The van der Waals surface area contributed by atoms with E-state index in [9.17, 15) is 20.1 Å². The van der Waals surface area contributed by atoms with Gasteiger partial charge in [-0.2, -0.15) is 5.10 Å². The maximum absolute atomic E-state index is 13.1. The number of carbonyl (C=O) groups excluding carboxylic acids is 1. The summed E-state index contributed by atoms with van der Waals surface area (Å²) in [7, 11) is 1.46. The second-order valence-electron chi connectivity index (χ2n) is 6.79. The second-order valence-corrected chi connectivity index (χ2v) is 6.79. The molecule has 0 bridgehead atoms. The van der Waals surface area contributed by atoms with Crippen molar-refractivity contribution in [3.63, 3.8) is 0 Å². The van der Waals surface area contributed by atoms with Gasteiger partial charge in [-0.25, -0.2) is 0 Å². The van der Waals surface area contributed by atoms with Crippen molar-refractivity contribution >= 4 is 5.91 Å². The van der Waals surface area contributed by atoms with E-state index in [4.69, 9.17) is 4.74 Å². The van der Waals surface area contributed by atoms with Crippen molar-refractivity contribution in [3.8, 4) is 28.5 Å². The fraction of sp³-hybridized carbons (Fsp3) is 0.238. The molecule has 2 heterocycles. The Bertz CT molecular complexity index is 1060. The summed E-state index contributed by atoms with van der Waals surface area (Å²) in [5, 5.41) is 36.7. The number of hydrogen-bond donors (Lipinski definition) is 4. The number of ether oxygens (including phenoxy) is 1. The van der Waals surface area contributed by atoms with Crippen LogP contribution >= 0.6 is 0 Å². The number of aromatic amines is 1. The van der Waals surface area contributed by atoms with Gasteiger partial charge >= 0.3 is 0 Å². The number of benzene rings is 2. The van der Waals surface area contributed by atoms with Crippen LogP contribution in [0.25, 0.3) is 11.3 Å². The maximum Gasteiger partial charge on any atom is 0.273 e. The van der Waals surface area contributed by atoms with Gasteiger partial charge in [0.1, 0.15) is 17.1 Å². The summed E-state index contributed by atoms with van der Waals surface area (Å²) in [6, 6.07) is 11.2. The molecule has 4 rings (SSSR count). The molecule has 8 heteroatoms. The first-order valence-electron chi connectivity index (χ1n) is 9.22. The normalized spacial score (nSPS) is 15.6. The van der Waals surface area contributed by atoms with E-state index < -0.39 is 6.04 Å². The fourth-order valence-electron chi connectivity index (χ4n) is 3.76. The van der Waals surface area contributed by atoms with E-state index in [1.807, 2.05) is 0 Å². The first-order valence-corrected chi connectivity index (χ1v) is 9.22. The molecule has 29 heavy (non-hydrogen) atoms. The van der Waals surface area contributed by atoms with Crippen LogP contribution in [0.2, 0.25) is 0 Å². The van der Waals surface area contributed by atoms with E-state index in [0.717, 1.165) is 5.56 Å². The highest BCUT2D eigenvalue weighted by molar-refractivity contribution is 6.00. The molecule has 8 nitrogen and oxygen atoms in total. The van der Waals surface area contributed by atoms with Crippen LogP contribution in [0.15, 0.2) is 42.5 Å². The van der Waals surface area contributed by atoms with E-state index in [2.05, 4.69) is 10.2 Å². The lowest BCUT2D eigenvalue weighted by molar-refractivity contribution is 0.0732. The average Bonchev–Trinajstić information content (AvgIpc) is 3.26. The average molecular weight is 395 g/mol. The van der Waals surface area contributed by atoms with Crippen molar-refractivity contribution in [2.45, 2.75) is 12.5 Å². The molecule has 0 radical (unpaired) electrons. The molecule has 1 aliphatic heterocycles. The Hall–Kier alpha value is -3.52. The molecular formula is C21H21N3O5. The molecule has 0 saturated heterocycles. The first kappa shape index (κ1) is 18.8. The molecule has 0 spiro atoms. The Morgan fingerprint density at radius 3 is 2.69 bits per heavy atom. The molecule has 2 aromatic carbocycles. The Kier molecular flexibility index (Phi) is 4.85. The van der Waals surface area contributed by atoms with Crippen molar-refractivity contribution in [2.75, 3.05) is 20.3 Å². The highest BCUT2D eigenvalue weighted by atomic mass is 16.5. The number of nitrogens with one attached hydrogen (secondary N) is 1. The third-order valence-electron chi connectivity index (χ3n) is 5.10. The number of aromatic nitrogens is 2. The molecule has 1 aromatic heterocycles. The highest BCUT2D eigenvalue weighted by Crippen LogP contribution is 2.45. The third kappa shape index (κ3) is 3.07. The van der Waals surface area contributed by atoms with Crippen molar-refractivity contribution in [3.05, 3.63) is 59.3 Å². The lowest BCUT2D eigenvalue weighted by atomic mass is 9.95. The summed E-state index contributed by atoms with van der Waals surface area (Å²) in [5.74, 6) is 0.110. The Labute approximate surface area is 167 Å². The summed E-state index contributed by atoms with van der Waals surface area (Å²) >= 11 is 0. The summed E-state index contributed by atoms with van der Waals surface area (Å²) in [4.78, 5) is 14.7. The molecule has 1 unspecified atom stereocenters. The number of nitrogens with zero attached hydrogens (tertiary/aromatic N) is 2. The van der Waals surface area contributed by atoms with Crippen LogP contribution < -0.4 is 4.74 Å². The zero-order valence-electron chi connectivity index (χ0n) is 15.8. The maximum atomic E-state index is 13.1. The molecule has 1 aliphatic rings. The van der Waals surface area contributed by atoms with Gasteiger partial charge in [0.05, 0.1) is 13.2 Å². The number of para-hydroxylation sites is 1. The molecule has 0 fully saturated rings. The predicted octanol–water partition coefficient (Wildman–Crippen LogP) is 2.42. The largest absolute Gasteiger partial charge is 0.507 e. The lowest BCUT2D eigenvalue weighted by Gasteiger charge is -2.26. The minimum Gasteiger partial charge on any atom is -0.507 e. The number of aliphatic hydroxyl groups excluding tert-OH is 1. The number of amides is 1. The van der Waals surface area contributed by atoms with Crippen LogP contribution in [-0.4, -0.2) is 56.6 Å². The fourth-order valence-corrected chi connectivity index (χ4v) is 3.76. The van der Waals surface area contributed by atoms with E-state index >= 15 is 0 Å². The van der Waals surface area contributed by atoms with E-state index in [1.165, 1.54) is 13.2 Å². The number of methoxy groups -OCH3 is 1. The number of phenolic OH excluding ortho intramolecular Hbond substituents is 2. The van der Waals surface area contributed by atoms with E-state index in [-0.39, 0.29) is 29.8 Å². The van der Waals surface area contributed by atoms with Crippen molar-refractivity contribution < 1.29 is 24.9 Å². The number of H-pyrrole nitrogens is 1. The van der Waals surface area contributed by atoms with Crippen molar-refractivity contribution in [1.82, 2.24) is 15.1 Å². The third-order valence-corrected chi connectivity index (χ3v) is 5.10. The number of hydrogen-bond acceptors (Lipinski definition) is 6. The van der Waals surface area contributed by atoms with Crippen LogP contribution in [0.5, 0.6) is 17.2 Å². The Morgan fingerprint density at radius 1 is 1.17 bits per heavy atom. The van der Waals surface area contributed by atoms with E-state index in [1.54, 1.807) is 41.3 Å². The standard InChI is InChI=1S/C21H21N3O5/c1-29-16-11-12(7-8-15(16)27)20-17-18(13-5-2-3-6-14(13)26)22-23-19(17)21(28)24(20)9-4-10-25/h2-3,5-8,11,20,25-27H,4,9-10H2,1H3,(H,22,23). The zero-order valence-corrected chi connectivity index (χ0v) is 15.8. The number of aromatic hydroxyl groups is 2. The lowest BCUT2D eigenvalue weighted by Crippen LogP contribution is -2.31.